The van der Waals surface area contributed by atoms with Gasteiger partial charge in [-0.25, -0.2) is 0 Å². The van der Waals surface area contributed by atoms with E-state index >= 15 is 0 Å². The van der Waals surface area contributed by atoms with Crippen LogP contribution in [-0.2, 0) is 0 Å². The molecule has 1 saturated carbocycles. The molecule has 1 aliphatic rings. The smallest absolute Gasteiger partial charge is 0.0262 e. The quantitative estimate of drug-likeness (QED) is 0.425. The van der Waals surface area contributed by atoms with Crippen molar-refractivity contribution in [2.24, 2.45) is 5.92 Å². The fourth-order valence-electron chi connectivity index (χ4n) is 1.25. The summed E-state index contributed by atoms with van der Waals surface area (Å²) in [4.78, 5) is 0. The minimum absolute atomic E-state index is 0.940. The molecule has 0 amide bonds. The zero-order valence-corrected chi connectivity index (χ0v) is 6.01. The second-order valence-corrected chi connectivity index (χ2v) is 3.62. The fourth-order valence-corrected chi connectivity index (χ4v) is 1.91. The molecule has 0 radical (unpaired) electrons. The minimum atomic E-state index is 0.940. The van der Waals surface area contributed by atoms with Crippen molar-refractivity contribution in [3.05, 3.63) is 0 Å². The Kier molecular flexibility index (Phi) is 1.69. The van der Waals surface area contributed by atoms with E-state index in [2.05, 4.69) is 16.2 Å². The predicted octanol–water partition coefficient (Wildman–Crippen LogP) is 2.05. The Morgan fingerprint density at radius 1 is 1.43 bits per heavy atom. The molecule has 0 aromatic rings. The van der Waals surface area contributed by atoms with Crippen LogP contribution < -0.4 is 0 Å². The summed E-state index contributed by atoms with van der Waals surface area (Å²) < 4.78 is 0. The monoisotopic (exact) mass is 116 g/mol. The molecule has 1 fully saturated rings. The van der Waals surface area contributed by atoms with Crippen LogP contribution in [0.2, 0.25) is 0 Å². The molecule has 0 heterocycles. The van der Waals surface area contributed by atoms with E-state index < -0.39 is 0 Å². The van der Waals surface area contributed by atoms with Crippen molar-refractivity contribution in [1.29, 1.82) is 0 Å². The molecule has 0 nitrogen and oxygen atoms in total. The van der Waals surface area contributed by atoms with E-state index in [9.17, 15) is 0 Å². The van der Waals surface area contributed by atoms with Crippen molar-refractivity contribution < 1.29 is 0 Å². The highest BCUT2D eigenvalue weighted by atomic mass is 31.0. The highest BCUT2D eigenvalue weighted by Crippen LogP contribution is 2.29. The maximum atomic E-state index is 2.90. The molecule has 0 aromatic heterocycles. The molecule has 1 rings (SSSR count). The highest BCUT2D eigenvalue weighted by molar-refractivity contribution is 7.17. The Morgan fingerprint density at radius 2 is 2.14 bits per heavy atom. The summed E-state index contributed by atoms with van der Waals surface area (Å²) in [5.74, 6) is 1.00. The summed E-state index contributed by atoms with van der Waals surface area (Å²) in [5.41, 5.74) is 0.940. The largest absolute Gasteiger partial charge is 0.134 e. The molecule has 42 valence electrons. The van der Waals surface area contributed by atoms with Gasteiger partial charge in [-0.1, -0.05) is 13.3 Å². The van der Waals surface area contributed by atoms with Crippen LogP contribution in [0.3, 0.4) is 0 Å². The van der Waals surface area contributed by atoms with Gasteiger partial charge in [-0.15, -0.1) is 9.24 Å². The van der Waals surface area contributed by atoms with Gasteiger partial charge in [0, 0.05) is 0 Å². The lowest BCUT2D eigenvalue weighted by Gasteiger charge is -1.96. The molecule has 7 heavy (non-hydrogen) atoms. The van der Waals surface area contributed by atoms with E-state index in [0.717, 1.165) is 11.6 Å². The van der Waals surface area contributed by atoms with E-state index in [0.29, 0.717) is 0 Å². The van der Waals surface area contributed by atoms with Gasteiger partial charge in [-0.2, -0.15) is 0 Å². The minimum Gasteiger partial charge on any atom is -0.134 e. The number of hydrogen-bond acceptors (Lipinski definition) is 0. The van der Waals surface area contributed by atoms with Gasteiger partial charge in [0.15, 0.2) is 0 Å². The second kappa shape index (κ2) is 2.13. The average Bonchev–Trinajstić information content (AvgIpc) is 1.87. The normalized spacial score (nSPS) is 42.0. The molecule has 0 N–H and O–H groups in total. The molecule has 0 aliphatic heterocycles. The highest BCUT2D eigenvalue weighted by Gasteiger charge is 2.16. The molecule has 2 unspecified atom stereocenters. The molecule has 0 aromatic carbocycles. The van der Waals surface area contributed by atoms with Crippen LogP contribution in [0.15, 0.2) is 0 Å². The molecule has 1 heteroatoms. The molecule has 1 aliphatic carbocycles. The predicted molar refractivity (Wildman–Crippen MR) is 36.5 cm³/mol. The molecular formula is C6H13P. The van der Waals surface area contributed by atoms with Crippen LogP contribution in [-0.4, -0.2) is 5.66 Å². The van der Waals surface area contributed by atoms with Gasteiger partial charge in [-0.05, 0) is 24.4 Å². The van der Waals surface area contributed by atoms with E-state index in [1.165, 1.54) is 19.3 Å². The van der Waals surface area contributed by atoms with Gasteiger partial charge in [0.2, 0.25) is 0 Å². The van der Waals surface area contributed by atoms with E-state index in [1.54, 1.807) is 0 Å². The lowest BCUT2D eigenvalue weighted by molar-refractivity contribution is 0.613. The van der Waals surface area contributed by atoms with Crippen LogP contribution in [0.5, 0.6) is 0 Å². The zero-order valence-electron chi connectivity index (χ0n) is 4.85. The van der Waals surface area contributed by atoms with Gasteiger partial charge in [0.25, 0.3) is 0 Å². The second-order valence-electron chi connectivity index (χ2n) is 2.68. The Labute approximate surface area is 47.9 Å². The van der Waals surface area contributed by atoms with Crippen LogP contribution >= 0.6 is 9.24 Å². The third kappa shape index (κ3) is 1.42. The summed E-state index contributed by atoms with van der Waals surface area (Å²) in [5, 5.41) is 0. The molecule has 0 saturated heterocycles. The first-order chi connectivity index (χ1) is 3.29. The van der Waals surface area contributed by atoms with Gasteiger partial charge < -0.3 is 0 Å². The molecule has 0 spiro atoms. The standard InChI is InChI=1S/C6H13P/c1-5-2-3-6(7)4-5/h5-6H,2-4,7H2,1H3/t5?,6-/m0/s1. The third-order valence-corrected chi connectivity index (χ3v) is 2.34. The van der Waals surface area contributed by atoms with Crippen LogP contribution in [0.25, 0.3) is 0 Å². The molecule has 3 atom stereocenters. The van der Waals surface area contributed by atoms with Gasteiger partial charge in [0.05, 0.1) is 0 Å². The van der Waals surface area contributed by atoms with Crippen molar-refractivity contribution in [1.82, 2.24) is 0 Å². The lowest BCUT2D eigenvalue weighted by atomic mass is 10.1. The van der Waals surface area contributed by atoms with Crippen LogP contribution in [0.1, 0.15) is 26.2 Å². The SMILES string of the molecule is CC1CC[C@H](P)C1. The van der Waals surface area contributed by atoms with Crippen molar-refractivity contribution in [3.63, 3.8) is 0 Å². The van der Waals surface area contributed by atoms with Gasteiger partial charge in [0.1, 0.15) is 0 Å². The Bertz CT molecular complexity index is 53.2. The Hall–Kier alpha value is 0.430. The van der Waals surface area contributed by atoms with Crippen molar-refractivity contribution in [3.8, 4) is 0 Å². The van der Waals surface area contributed by atoms with Crippen molar-refractivity contribution in [2.75, 3.05) is 0 Å². The average molecular weight is 116 g/mol. The summed E-state index contributed by atoms with van der Waals surface area (Å²) >= 11 is 0. The first-order valence-electron chi connectivity index (χ1n) is 3.04. The molecular weight excluding hydrogens is 103 g/mol. The van der Waals surface area contributed by atoms with E-state index in [4.69, 9.17) is 0 Å². The Balaban J connectivity index is 2.26. The zero-order chi connectivity index (χ0) is 5.28. The maximum absolute atomic E-state index is 2.90. The lowest BCUT2D eigenvalue weighted by Crippen LogP contribution is -1.86. The van der Waals surface area contributed by atoms with Gasteiger partial charge in [-0.3, -0.25) is 0 Å². The van der Waals surface area contributed by atoms with Gasteiger partial charge >= 0.3 is 0 Å². The van der Waals surface area contributed by atoms with Crippen molar-refractivity contribution in [2.45, 2.75) is 31.8 Å². The summed E-state index contributed by atoms with van der Waals surface area (Å²) in [6, 6.07) is 0. The third-order valence-electron chi connectivity index (χ3n) is 1.74. The summed E-state index contributed by atoms with van der Waals surface area (Å²) in [7, 11) is 2.90. The van der Waals surface area contributed by atoms with Crippen LogP contribution in [0.4, 0.5) is 0 Å². The van der Waals surface area contributed by atoms with E-state index in [-0.39, 0.29) is 0 Å². The van der Waals surface area contributed by atoms with E-state index in [1.807, 2.05) is 0 Å². The van der Waals surface area contributed by atoms with Crippen LogP contribution in [0, 0.1) is 5.92 Å². The first-order valence-corrected chi connectivity index (χ1v) is 3.71. The van der Waals surface area contributed by atoms with Crippen molar-refractivity contribution >= 4 is 9.24 Å². The number of hydrogen-bond donors (Lipinski definition) is 0. The number of rotatable bonds is 0. The first kappa shape index (κ1) is 5.56. The topological polar surface area (TPSA) is 0 Å². The fraction of sp³-hybridized carbons (Fsp3) is 1.00. The summed E-state index contributed by atoms with van der Waals surface area (Å²) in [6.07, 6.45) is 4.32. The molecule has 0 bridgehead atoms. The maximum Gasteiger partial charge on any atom is -0.0262 e. The Morgan fingerprint density at radius 3 is 2.29 bits per heavy atom. The summed E-state index contributed by atoms with van der Waals surface area (Å²) in [6.45, 7) is 2.34.